The van der Waals surface area contributed by atoms with Gasteiger partial charge in [-0.25, -0.2) is 5.10 Å². The number of nitrogens with zero attached hydrogens (tertiary/aromatic N) is 3. The topological polar surface area (TPSA) is 86.4 Å². The Hall–Kier alpha value is -2.18. The fourth-order valence-electron chi connectivity index (χ4n) is 4.84. The number of fused-ring (bicyclic) bond motifs is 1. The summed E-state index contributed by atoms with van der Waals surface area (Å²) in [4.78, 5) is 40.9. The fourth-order valence-corrected chi connectivity index (χ4v) is 4.84. The third-order valence-corrected chi connectivity index (χ3v) is 6.23. The first kappa shape index (κ1) is 17.2. The minimum Gasteiger partial charge on any atom is -0.340 e. The number of rotatable bonds is 2. The van der Waals surface area contributed by atoms with Crippen LogP contribution in [0.2, 0.25) is 0 Å². The average Bonchev–Trinajstić information content (AvgIpc) is 3.12. The Morgan fingerprint density at radius 2 is 1.69 bits per heavy atom. The summed E-state index contributed by atoms with van der Waals surface area (Å²) in [6.45, 7) is 2.26. The van der Waals surface area contributed by atoms with Crippen molar-refractivity contribution >= 4 is 11.8 Å². The van der Waals surface area contributed by atoms with Gasteiger partial charge in [-0.3, -0.25) is 14.4 Å². The van der Waals surface area contributed by atoms with Crippen molar-refractivity contribution in [1.29, 1.82) is 0 Å². The molecule has 0 aromatic carbocycles. The van der Waals surface area contributed by atoms with Crippen LogP contribution in [0.3, 0.4) is 0 Å². The molecule has 1 saturated carbocycles. The summed E-state index contributed by atoms with van der Waals surface area (Å²) in [6, 6.07) is 2.33. The maximum absolute atomic E-state index is 13.2. The molecule has 1 aromatic rings. The smallest absolute Gasteiger partial charge is 0.274 e. The molecule has 3 atom stereocenters. The van der Waals surface area contributed by atoms with Crippen molar-refractivity contribution in [3.05, 3.63) is 28.2 Å². The van der Waals surface area contributed by atoms with E-state index in [2.05, 4.69) is 10.2 Å². The number of carbonyl (C=O) groups excluding carboxylic acids is 2. The van der Waals surface area contributed by atoms with Crippen LogP contribution in [0.5, 0.6) is 0 Å². The Morgan fingerprint density at radius 1 is 1.00 bits per heavy atom. The normalized spacial score (nSPS) is 28.7. The van der Waals surface area contributed by atoms with Crippen LogP contribution in [-0.4, -0.2) is 57.5 Å². The maximum Gasteiger partial charge on any atom is 0.274 e. The van der Waals surface area contributed by atoms with Crippen LogP contribution in [0.4, 0.5) is 0 Å². The molecule has 3 fully saturated rings. The number of aromatic nitrogens is 2. The summed E-state index contributed by atoms with van der Waals surface area (Å²) in [6.07, 6.45) is 7.56. The number of H-pyrrole nitrogens is 1. The number of hydrogen-bond donors (Lipinski definition) is 1. The number of piperidine rings is 1. The van der Waals surface area contributed by atoms with Crippen molar-refractivity contribution in [2.45, 2.75) is 51.0 Å². The van der Waals surface area contributed by atoms with Crippen LogP contribution >= 0.6 is 0 Å². The molecule has 0 spiro atoms. The Balaban J connectivity index is 1.50. The highest BCUT2D eigenvalue weighted by Crippen LogP contribution is 2.37. The standard InChI is InChI=1S/C19H26N4O3/c24-17-9-8-15(20-21-17)18(25)23-10-4-3-7-16(23)19(26)22-11-13-5-1-2-6-14(13)12-22/h8-9,13-14,16H,1-7,10-12H2,(H,21,24)/t13-,14+,16?. The van der Waals surface area contributed by atoms with E-state index < -0.39 is 6.04 Å². The molecule has 3 heterocycles. The van der Waals surface area contributed by atoms with Crippen LogP contribution in [0, 0.1) is 11.8 Å². The number of likely N-dealkylation sites (tertiary alicyclic amines) is 2. The molecule has 1 N–H and O–H groups in total. The van der Waals surface area contributed by atoms with Gasteiger partial charge in [0.15, 0.2) is 0 Å². The van der Waals surface area contributed by atoms with E-state index in [0.717, 1.165) is 25.9 Å². The second-order valence-electron chi connectivity index (χ2n) is 7.86. The Labute approximate surface area is 152 Å². The lowest BCUT2D eigenvalue weighted by molar-refractivity contribution is -0.136. The van der Waals surface area contributed by atoms with E-state index in [-0.39, 0.29) is 23.1 Å². The first-order valence-electron chi connectivity index (χ1n) is 9.79. The first-order valence-corrected chi connectivity index (χ1v) is 9.79. The Kier molecular flexibility index (Phi) is 4.78. The highest BCUT2D eigenvalue weighted by Gasteiger charge is 2.41. The van der Waals surface area contributed by atoms with Gasteiger partial charge in [-0.05, 0) is 50.0 Å². The minimum absolute atomic E-state index is 0.0943. The zero-order chi connectivity index (χ0) is 18.1. The van der Waals surface area contributed by atoms with Gasteiger partial charge >= 0.3 is 0 Å². The SMILES string of the molecule is O=C(C1CCCCN1C(=O)c1ccc(=O)[nH]n1)N1C[C@H]2CCCC[C@H]2C1. The number of nitrogens with one attached hydrogen (secondary N) is 1. The van der Waals surface area contributed by atoms with Gasteiger partial charge in [0.1, 0.15) is 11.7 Å². The predicted octanol–water partition coefficient (Wildman–Crippen LogP) is 1.41. The molecule has 140 valence electrons. The molecule has 4 rings (SSSR count). The summed E-state index contributed by atoms with van der Waals surface area (Å²) < 4.78 is 0. The number of carbonyl (C=O) groups is 2. The van der Waals surface area contributed by atoms with Crippen LogP contribution in [0.25, 0.3) is 0 Å². The van der Waals surface area contributed by atoms with Crippen LogP contribution in [0.1, 0.15) is 55.4 Å². The molecule has 26 heavy (non-hydrogen) atoms. The summed E-state index contributed by atoms with van der Waals surface area (Å²) in [5.41, 5.74) is -0.146. The van der Waals surface area contributed by atoms with Gasteiger partial charge in [-0.1, -0.05) is 12.8 Å². The third kappa shape index (κ3) is 3.27. The molecule has 7 heteroatoms. The molecule has 2 saturated heterocycles. The van der Waals surface area contributed by atoms with E-state index in [9.17, 15) is 14.4 Å². The lowest BCUT2D eigenvalue weighted by atomic mass is 9.82. The van der Waals surface area contributed by atoms with Crippen LogP contribution < -0.4 is 5.56 Å². The van der Waals surface area contributed by atoms with Crippen molar-refractivity contribution in [2.24, 2.45) is 11.8 Å². The van der Waals surface area contributed by atoms with E-state index in [4.69, 9.17) is 0 Å². The second-order valence-corrected chi connectivity index (χ2v) is 7.86. The third-order valence-electron chi connectivity index (χ3n) is 6.23. The maximum atomic E-state index is 13.2. The molecule has 1 aliphatic carbocycles. The van der Waals surface area contributed by atoms with E-state index in [1.807, 2.05) is 4.90 Å². The van der Waals surface area contributed by atoms with Gasteiger partial charge in [0, 0.05) is 25.7 Å². The Morgan fingerprint density at radius 3 is 2.35 bits per heavy atom. The summed E-state index contributed by atoms with van der Waals surface area (Å²) in [5, 5.41) is 6.15. The predicted molar refractivity (Wildman–Crippen MR) is 95.6 cm³/mol. The van der Waals surface area contributed by atoms with Crippen molar-refractivity contribution < 1.29 is 9.59 Å². The molecule has 0 bridgehead atoms. The van der Waals surface area contributed by atoms with Crippen molar-refractivity contribution in [3.63, 3.8) is 0 Å². The fraction of sp³-hybridized carbons (Fsp3) is 0.684. The average molecular weight is 358 g/mol. The zero-order valence-electron chi connectivity index (χ0n) is 15.0. The van der Waals surface area contributed by atoms with E-state index in [0.29, 0.717) is 24.8 Å². The van der Waals surface area contributed by atoms with E-state index >= 15 is 0 Å². The summed E-state index contributed by atoms with van der Waals surface area (Å²) in [7, 11) is 0. The summed E-state index contributed by atoms with van der Waals surface area (Å²) >= 11 is 0. The van der Waals surface area contributed by atoms with Crippen LogP contribution in [-0.2, 0) is 4.79 Å². The highest BCUT2D eigenvalue weighted by molar-refractivity contribution is 5.96. The number of aromatic amines is 1. The molecular weight excluding hydrogens is 332 g/mol. The molecule has 2 aliphatic heterocycles. The largest absolute Gasteiger partial charge is 0.340 e. The zero-order valence-corrected chi connectivity index (χ0v) is 15.0. The van der Waals surface area contributed by atoms with E-state index in [1.165, 1.54) is 37.8 Å². The van der Waals surface area contributed by atoms with Crippen molar-refractivity contribution in [2.75, 3.05) is 19.6 Å². The van der Waals surface area contributed by atoms with Gasteiger partial charge in [-0.2, -0.15) is 5.10 Å². The lowest BCUT2D eigenvalue weighted by Gasteiger charge is -2.36. The van der Waals surface area contributed by atoms with Crippen LogP contribution in [0.15, 0.2) is 16.9 Å². The molecular formula is C19H26N4O3. The minimum atomic E-state index is -0.398. The second kappa shape index (κ2) is 7.21. The summed E-state index contributed by atoms with van der Waals surface area (Å²) in [5.74, 6) is 1.11. The number of amides is 2. The molecule has 2 amide bonds. The van der Waals surface area contributed by atoms with Crippen molar-refractivity contribution in [1.82, 2.24) is 20.0 Å². The van der Waals surface area contributed by atoms with E-state index in [1.54, 1.807) is 4.90 Å². The van der Waals surface area contributed by atoms with Gasteiger partial charge in [-0.15, -0.1) is 0 Å². The molecule has 1 unspecified atom stereocenters. The van der Waals surface area contributed by atoms with Crippen molar-refractivity contribution in [3.8, 4) is 0 Å². The molecule has 0 radical (unpaired) electrons. The molecule has 7 nitrogen and oxygen atoms in total. The number of hydrogen-bond acceptors (Lipinski definition) is 4. The quantitative estimate of drug-likeness (QED) is 0.866. The van der Waals surface area contributed by atoms with Gasteiger partial charge in [0.05, 0.1) is 0 Å². The highest BCUT2D eigenvalue weighted by atomic mass is 16.2. The molecule has 3 aliphatic rings. The van der Waals surface area contributed by atoms with Gasteiger partial charge in [0.2, 0.25) is 5.91 Å². The van der Waals surface area contributed by atoms with Gasteiger partial charge in [0.25, 0.3) is 11.5 Å². The Bertz CT molecular complexity index is 712. The monoisotopic (exact) mass is 358 g/mol. The first-order chi connectivity index (χ1) is 12.6. The van der Waals surface area contributed by atoms with Gasteiger partial charge < -0.3 is 9.80 Å². The molecule has 1 aromatic heterocycles. The lowest BCUT2D eigenvalue weighted by Crippen LogP contribution is -2.53.